The summed E-state index contributed by atoms with van der Waals surface area (Å²) < 4.78 is 5.33. The first-order valence-electron chi connectivity index (χ1n) is 4.92. The van der Waals surface area contributed by atoms with Gasteiger partial charge in [0.1, 0.15) is 0 Å². The lowest BCUT2D eigenvalue weighted by Gasteiger charge is -2.15. The zero-order chi connectivity index (χ0) is 8.97. The number of alkyl halides is 1. The van der Waals surface area contributed by atoms with Gasteiger partial charge in [0, 0.05) is 18.0 Å². The van der Waals surface area contributed by atoms with Gasteiger partial charge in [-0.15, -0.1) is 0 Å². The van der Waals surface area contributed by atoms with Gasteiger partial charge in [-0.1, -0.05) is 29.8 Å². The molecule has 2 heteroatoms. The van der Waals surface area contributed by atoms with E-state index in [1.807, 2.05) is 0 Å². The Morgan fingerprint density at radius 3 is 2.75 bits per heavy atom. The van der Waals surface area contributed by atoms with E-state index in [1.165, 1.54) is 19.3 Å². The highest BCUT2D eigenvalue weighted by Crippen LogP contribution is 2.24. The lowest BCUT2D eigenvalue weighted by atomic mass is 9.98. The van der Waals surface area contributed by atoms with Crippen LogP contribution in [0.2, 0.25) is 0 Å². The average Bonchev–Trinajstić information content (AvgIpc) is 2.51. The summed E-state index contributed by atoms with van der Waals surface area (Å²) in [5.74, 6) is 1.59. The van der Waals surface area contributed by atoms with Crippen molar-refractivity contribution in [2.24, 2.45) is 11.8 Å². The smallest absolute Gasteiger partial charge is 0.0495 e. The van der Waals surface area contributed by atoms with Crippen LogP contribution in [0.4, 0.5) is 0 Å². The number of hydrogen-bond acceptors (Lipinski definition) is 1. The van der Waals surface area contributed by atoms with Crippen molar-refractivity contribution in [1.29, 1.82) is 0 Å². The minimum atomic E-state index is 0.693. The van der Waals surface area contributed by atoms with Crippen LogP contribution in [0.25, 0.3) is 0 Å². The molecule has 0 bridgehead atoms. The van der Waals surface area contributed by atoms with Gasteiger partial charge < -0.3 is 4.74 Å². The maximum atomic E-state index is 5.33. The lowest BCUT2D eigenvalue weighted by molar-refractivity contribution is 0.183. The van der Waals surface area contributed by atoms with E-state index in [4.69, 9.17) is 4.74 Å². The van der Waals surface area contributed by atoms with E-state index in [0.29, 0.717) is 4.83 Å². The van der Waals surface area contributed by atoms with E-state index < -0.39 is 0 Å². The molecule has 0 amide bonds. The predicted octanol–water partition coefficient (Wildman–Crippen LogP) is 3.22. The highest BCUT2D eigenvalue weighted by Gasteiger charge is 2.17. The molecule has 1 fully saturated rings. The van der Waals surface area contributed by atoms with Crippen LogP contribution in [0.3, 0.4) is 0 Å². The Hall–Kier alpha value is 0.440. The Bertz CT molecular complexity index is 117. The van der Waals surface area contributed by atoms with Gasteiger partial charge in [0.05, 0.1) is 0 Å². The summed E-state index contributed by atoms with van der Waals surface area (Å²) in [7, 11) is 0. The molecule has 2 atom stereocenters. The van der Waals surface area contributed by atoms with Crippen molar-refractivity contribution in [3.63, 3.8) is 0 Å². The molecule has 0 N–H and O–H groups in total. The fourth-order valence-corrected chi connectivity index (χ4v) is 1.80. The molecule has 1 aliphatic heterocycles. The van der Waals surface area contributed by atoms with Gasteiger partial charge in [-0.3, -0.25) is 0 Å². The Morgan fingerprint density at radius 1 is 1.50 bits per heavy atom. The summed E-state index contributed by atoms with van der Waals surface area (Å²) in [4.78, 5) is 0.693. The van der Waals surface area contributed by atoms with Crippen LogP contribution in [-0.2, 0) is 4.74 Å². The molecule has 1 nitrogen and oxygen atoms in total. The fourth-order valence-electron chi connectivity index (χ4n) is 1.54. The number of hydrogen-bond donors (Lipinski definition) is 0. The third-order valence-electron chi connectivity index (χ3n) is 2.60. The van der Waals surface area contributed by atoms with Crippen LogP contribution in [0.1, 0.15) is 33.1 Å². The van der Waals surface area contributed by atoms with Gasteiger partial charge in [0.25, 0.3) is 0 Å². The van der Waals surface area contributed by atoms with E-state index >= 15 is 0 Å². The van der Waals surface area contributed by atoms with Crippen LogP contribution < -0.4 is 0 Å². The molecule has 72 valence electrons. The molecular weight excluding hydrogens is 216 g/mol. The van der Waals surface area contributed by atoms with Gasteiger partial charge >= 0.3 is 0 Å². The Balaban J connectivity index is 2.07. The Labute approximate surface area is 84.0 Å². The second-order valence-corrected chi connectivity index (χ2v) is 5.24. The molecular formula is C10H19BrO. The quantitative estimate of drug-likeness (QED) is 0.680. The number of rotatable bonds is 4. The van der Waals surface area contributed by atoms with Crippen LogP contribution >= 0.6 is 15.9 Å². The molecule has 1 heterocycles. The number of ether oxygens (including phenoxy) is 1. The zero-order valence-electron chi connectivity index (χ0n) is 8.05. The monoisotopic (exact) mass is 234 g/mol. The molecule has 0 aromatic rings. The van der Waals surface area contributed by atoms with E-state index in [9.17, 15) is 0 Å². The lowest BCUT2D eigenvalue weighted by Crippen LogP contribution is -2.10. The molecule has 0 aromatic carbocycles. The summed E-state index contributed by atoms with van der Waals surface area (Å²) >= 11 is 3.71. The molecule has 0 radical (unpaired) electrons. The standard InChI is InChI=1S/C10H19BrO/c1-8(2)10(11)4-3-9-5-6-12-7-9/h8-10H,3-7H2,1-2H3. The highest BCUT2D eigenvalue weighted by atomic mass is 79.9. The van der Waals surface area contributed by atoms with E-state index in [0.717, 1.165) is 25.0 Å². The van der Waals surface area contributed by atoms with Crippen molar-refractivity contribution >= 4 is 15.9 Å². The molecule has 1 aliphatic rings. The van der Waals surface area contributed by atoms with Crippen LogP contribution in [0.15, 0.2) is 0 Å². The van der Waals surface area contributed by atoms with E-state index in [1.54, 1.807) is 0 Å². The maximum Gasteiger partial charge on any atom is 0.0495 e. The number of halogens is 1. The molecule has 0 saturated carbocycles. The summed E-state index contributed by atoms with van der Waals surface area (Å²) in [5, 5.41) is 0. The van der Waals surface area contributed by atoms with Gasteiger partial charge in [-0.05, 0) is 31.1 Å². The van der Waals surface area contributed by atoms with Gasteiger partial charge in [-0.25, -0.2) is 0 Å². The second-order valence-electron chi connectivity index (χ2n) is 4.07. The van der Waals surface area contributed by atoms with Gasteiger partial charge in [0.2, 0.25) is 0 Å². The van der Waals surface area contributed by atoms with E-state index in [-0.39, 0.29) is 0 Å². The minimum absolute atomic E-state index is 0.693. The summed E-state index contributed by atoms with van der Waals surface area (Å²) in [6, 6.07) is 0. The zero-order valence-corrected chi connectivity index (χ0v) is 9.64. The highest BCUT2D eigenvalue weighted by molar-refractivity contribution is 9.09. The molecule has 0 aliphatic carbocycles. The normalized spacial score (nSPS) is 26.5. The first-order chi connectivity index (χ1) is 5.70. The largest absolute Gasteiger partial charge is 0.381 e. The molecule has 1 rings (SSSR count). The maximum absolute atomic E-state index is 5.33. The molecule has 12 heavy (non-hydrogen) atoms. The van der Waals surface area contributed by atoms with Crippen LogP contribution in [0, 0.1) is 11.8 Å². The van der Waals surface area contributed by atoms with Crippen molar-refractivity contribution in [3.8, 4) is 0 Å². The topological polar surface area (TPSA) is 9.23 Å². The van der Waals surface area contributed by atoms with Crippen molar-refractivity contribution in [2.45, 2.75) is 37.9 Å². The van der Waals surface area contributed by atoms with Crippen LogP contribution in [-0.4, -0.2) is 18.0 Å². The third kappa shape index (κ3) is 3.44. The van der Waals surface area contributed by atoms with E-state index in [2.05, 4.69) is 29.8 Å². The Morgan fingerprint density at radius 2 is 2.25 bits per heavy atom. The average molecular weight is 235 g/mol. The summed E-state index contributed by atoms with van der Waals surface area (Å²) in [5.41, 5.74) is 0. The minimum Gasteiger partial charge on any atom is -0.381 e. The molecule has 1 saturated heterocycles. The first-order valence-corrected chi connectivity index (χ1v) is 5.83. The van der Waals surface area contributed by atoms with Crippen molar-refractivity contribution in [1.82, 2.24) is 0 Å². The second kappa shape index (κ2) is 5.23. The molecule has 0 spiro atoms. The first kappa shape index (κ1) is 10.5. The third-order valence-corrected chi connectivity index (χ3v) is 4.11. The molecule has 0 aromatic heterocycles. The SMILES string of the molecule is CC(C)C(Br)CCC1CCOC1. The van der Waals surface area contributed by atoms with Crippen molar-refractivity contribution in [3.05, 3.63) is 0 Å². The summed E-state index contributed by atoms with van der Waals surface area (Å²) in [6.07, 6.45) is 3.90. The summed E-state index contributed by atoms with van der Waals surface area (Å²) in [6.45, 7) is 6.52. The van der Waals surface area contributed by atoms with Crippen molar-refractivity contribution in [2.75, 3.05) is 13.2 Å². The fraction of sp³-hybridized carbons (Fsp3) is 1.00. The molecule has 2 unspecified atom stereocenters. The van der Waals surface area contributed by atoms with Crippen LogP contribution in [0.5, 0.6) is 0 Å². The predicted molar refractivity (Wildman–Crippen MR) is 55.7 cm³/mol. The van der Waals surface area contributed by atoms with Gasteiger partial charge in [-0.2, -0.15) is 0 Å². The Kier molecular flexibility index (Phi) is 4.59. The van der Waals surface area contributed by atoms with Crippen molar-refractivity contribution < 1.29 is 4.74 Å². The van der Waals surface area contributed by atoms with Gasteiger partial charge in [0.15, 0.2) is 0 Å².